The van der Waals surface area contributed by atoms with E-state index in [1.807, 2.05) is 0 Å². The molecule has 2 nitrogen and oxygen atoms in total. The van der Waals surface area contributed by atoms with E-state index in [1.165, 1.54) is 112 Å². The topological polar surface area (TPSA) is 9.86 Å². The first-order chi connectivity index (χ1) is 26.3. The van der Waals surface area contributed by atoms with Crippen molar-refractivity contribution in [2.75, 3.05) is 0 Å². The van der Waals surface area contributed by atoms with E-state index in [1.54, 1.807) is 0 Å². The van der Waals surface area contributed by atoms with Crippen LogP contribution in [0.2, 0.25) is 0 Å². The van der Waals surface area contributed by atoms with Crippen LogP contribution < -0.4 is 0 Å². The van der Waals surface area contributed by atoms with Crippen molar-refractivity contribution < 1.29 is 0 Å². The van der Waals surface area contributed by atoms with Gasteiger partial charge in [-0.1, -0.05) is 131 Å². The Morgan fingerprint density at radius 1 is 0.389 bits per heavy atom. The predicted molar refractivity (Wildman–Crippen MR) is 231 cm³/mol. The number of para-hydroxylation sites is 1. The number of nitrogens with zero attached hydrogens (tertiary/aromatic N) is 2. The summed E-state index contributed by atoms with van der Waals surface area (Å²) in [5, 5.41) is 10.3. The van der Waals surface area contributed by atoms with Crippen molar-refractivity contribution in [3.05, 3.63) is 169 Å². The third kappa shape index (κ3) is 4.46. The molecule has 0 N–H and O–H groups in total. The maximum atomic E-state index is 2.56. The van der Waals surface area contributed by atoms with Crippen LogP contribution in [-0.4, -0.2) is 9.13 Å². The molecular formula is C52H42N2. The molecule has 11 rings (SSSR count). The van der Waals surface area contributed by atoms with Gasteiger partial charge >= 0.3 is 0 Å². The quantitative estimate of drug-likeness (QED) is 0.174. The van der Waals surface area contributed by atoms with Gasteiger partial charge in [0.15, 0.2) is 0 Å². The first-order valence-corrected chi connectivity index (χ1v) is 19.4. The lowest BCUT2D eigenvalue weighted by Crippen LogP contribution is -2.33. The molecule has 54 heavy (non-hydrogen) atoms. The SMILES string of the molecule is CC1(C)CCC(C)(C)c2cc3c(cc21)c1cc2c(cc1n3-c1ccc(-c3cccc4ccccc34)cc1)c1c3ccccc3ccc1n2-c1ccccc1. The first kappa shape index (κ1) is 31.4. The fourth-order valence-corrected chi connectivity index (χ4v) is 9.76. The summed E-state index contributed by atoms with van der Waals surface area (Å²) < 4.78 is 5.02. The minimum absolute atomic E-state index is 0.0995. The summed E-state index contributed by atoms with van der Waals surface area (Å²) in [5.41, 5.74) is 13.0. The predicted octanol–water partition coefficient (Wildman–Crippen LogP) is 14.2. The van der Waals surface area contributed by atoms with Crippen molar-refractivity contribution in [3.63, 3.8) is 0 Å². The second-order valence-electron chi connectivity index (χ2n) is 16.8. The largest absolute Gasteiger partial charge is 0.309 e. The third-order valence-electron chi connectivity index (χ3n) is 12.8. The molecule has 0 spiro atoms. The summed E-state index contributed by atoms with van der Waals surface area (Å²) in [5.74, 6) is 0. The fourth-order valence-electron chi connectivity index (χ4n) is 9.76. The Labute approximate surface area is 315 Å². The Balaban J connectivity index is 1.26. The van der Waals surface area contributed by atoms with Crippen LogP contribution in [0.3, 0.4) is 0 Å². The highest BCUT2D eigenvalue weighted by Gasteiger charge is 2.38. The minimum atomic E-state index is 0.0995. The molecule has 8 aromatic carbocycles. The molecule has 0 saturated heterocycles. The number of rotatable bonds is 3. The molecule has 2 heteroatoms. The second-order valence-corrected chi connectivity index (χ2v) is 16.8. The van der Waals surface area contributed by atoms with Gasteiger partial charge < -0.3 is 9.13 Å². The van der Waals surface area contributed by atoms with Gasteiger partial charge in [0, 0.05) is 32.9 Å². The van der Waals surface area contributed by atoms with Crippen LogP contribution in [0.5, 0.6) is 0 Å². The Bertz CT molecular complexity index is 3130. The molecule has 0 bridgehead atoms. The summed E-state index contributed by atoms with van der Waals surface area (Å²) in [6.07, 6.45) is 2.37. The Morgan fingerprint density at radius 2 is 0.926 bits per heavy atom. The molecule has 10 aromatic rings. The van der Waals surface area contributed by atoms with Gasteiger partial charge in [0.25, 0.3) is 0 Å². The van der Waals surface area contributed by atoms with Gasteiger partial charge in [-0.25, -0.2) is 0 Å². The normalized spacial score (nSPS) is 15.2. The summed E-state index contributed by atoms with van der Waals surface area (Å²) in [6, 6.07) is 59.0. The third-order valence-corrected chi connectivity index (χ3v) is 12.8. The van der Waals surface area contributed by atoms with E-state index in [4.69, 9.17) is 0 Å². The van der Waals surface area contributed by atoms with Gasteiger partial charge in [0.2, 0.25) is 0 Å². The monoisotopic (exact) mass is 694 g/mol. The first-order valence-electron chi connectivity index (χ1n) is 19.4. The zero-order valence-electron chi connectivity index (χ0n) is 31.3. The number of benzene rings is 8. The molecule has 0 aliphatic heterocycles. The van der Waals surface area contributed by atoms with Crippen molar-refractivity contribution in [1.82, 2.24) is 9.13 Å². The van der Waals surface area contributed by atoms with Crippen molar-refractivity contribution in [2.24, 2.45) is 0 Å². The summed E-state index contributed by atoms with van der Waals surface area (Å²) in [6.45, 7) is 9.75. The molecule has 0 unspecified atom stereocenters. The van der Waals surface area contributed by atoms with Crippen molar-refractivity contribution >= 4 is 65.2 Å². The van der Waals surface area contributed by atoms with Crippen molar-refractivity contribution in [3.8, 4) is 22.5 Å². The van der Waals surface area contributed by atoms with Crippen LogP contribution >= 0.6 is 0 Å². The summed E-state index contributed by atoms with van der Waals surface area (Å²) in [7, 11) is 0. The molecule has 0 radical (unpaired) electrons. The van der Waals surface area contributed by atoms with Crippen molar-refractivity contribution in [1.29, 1.82) is 0 Å². The standard InChI is InChI=1S/C52H42N2/c1-51(2)27-28-52(3,4)45-32-49-41(29-44(45)51)42-30-48-43(50-40-19-11-9-14-34(40)23-26-46(50)53(48)36-16-6-5-7-17-36)31-47(42)54(49)37-24-21-35(22-25-37)39-20-12-15-33-13-8-10-18-38(33)39/h5-26,29-32H,27-28H2,1-4H3. The maximum absolute atomic E-state index is 2.56. The highest BCUT2D eigenvalue weighted by Crippen LogP contribution is 2.49. The molecule has 0 fully saturated rings. The van der Waals surface area contributed by atoms with Crippen LogP contribution in [0.4, 0.5) is 0 Å². The Morgan fingerprint density at radius 3 is 1.69 bits per heavy atom. The Kier molecular flexibility index (Phi) is 6.51. The lowest BCUT2D eigenvalue weighted by Gasteiger charge is -2.42. The van der Waals surface area contributed by atoms with E-state index >= 15 is 0 Å². The van der Waals surface area contributed by atoms with Gasteiger partial charge in [-0.15, -0.1) is 0 Å². The van der Waals surface area contributed by atoms with E-state index in [2.05, 4.69) is 195 Å². The van der Waals surface area contributed by atoms with Gasteiger partial charge in [0.1, 0.15) is 0 Å². The molecule has 1 aliphatic rings. The van der Waals surface area contributed by atoms with E-state index < -0.39 is 0 Å². The molecule has 1 aliphatic carbocycles. The molecule has 2 aromatic heterocycles. The van der Waals surface area contributed by atoms with Gasteiger partial charge in [-0.3, -0.25) is 0 Å². The van der Waals surface area contributed by atoms with Crippen LogP contribution in [0, 0.1) is 0 Å². The van der Waals surface area contributed by atoms with E-state index in [9.17, 15) is 0 Å². The van der Waals surface area contributed by atoms with E-state index in [0.29, 0.717) is 0 Å². The van der Waals surface area contributed by atoms with Crippen LogP contribution in [0.25, 0.3) is 87.7 Å². The smallest absolute Gasteiger partial charge is 0.0549 e. The molecule has 0 saturated carbocycles. The highest BCUT2D eigenvalue weighted by atomic mass is 15.0. The number of hydrogen-bond donors (Lipinski definition) is 0. The number of aromatic nitrogens is 2. The molecule has 2 heterocycles. The number of fused-ring (bicyclic) bond motifs is 10. The van der Waals surface area contributed by atoms with Crippen LogP contribution in [-0.2, 0) is 10.8 Å². The fraction of sp³-hybridized carbons (Fsp3) is 0.154. The molecule has 260 valence electrons. The molecular weight excluding hydrogens is 653 g/mol. The van der Waals surface area contributed by atoms with E-state index in [-0.39, 0.29) is 10.8 Å². The summed E-state index contributed by atoms with van der Waals surface area (Å²) >= 11 is 0. The van der Waals surface area contributed by atoms with Gasteiger partial charge in [-0.2, -0.15) is 0 Å². The van der Waals surface area contributed by atoms with Gasteiger partial charge in [-0.05, 0) is 122 Å². The van der Waals surface area contributed by atoms with Crippen molar-refractivity contribution in [2.45, 2.75) is 51.4 Å². The van der Waals surface area contributed by atoms with Crippen LogP contribution in [0.15, 0.2) is 158 Å². The number of hydrogen-bond acceptors (Lipinski definition) is 0. The average Bonchev–Trinajstić information content (AvgIpc) is 3.70. The summed E-state index contributed by atoms with van der Waals surface area (Å²) in [4.78, 5) is 0. The maximum Gasteiger partial charge on any atom is 0.0549 e. The zero-order chi connectivity index (χ0) is 36.3. The lowest BCUT2D eigenvalue weighted by atomic mass is 9.63. The van der Waals surface area contributed by atoms with E-state index in [0.717, 1.165) is 0 Å². The zero-order valence-corrected chi connectivity index (χ0v) is 31.3. The van der Waals surface area contributed by atoms with Gasteiger partial charge in [0.05, 0.1) is 22.1 Å². The lowest BCUT2D eigenvalue weighted by molar-refractivity contribution is 0.332. The molecule has 0 amide bonds. The Hall–Kier alpha value is -6.12. The molecule has 0 atom stereocenters. The average molecular weight is 695 g/mol. The van der Waals surface area contributed by atoms with Crippen LogP contribution in [0.1, 0.15) is 51.7 Å². The minimum Gasteiger partial charge on any atom is -0.309 e. The highest BCUT2D eigenvalue weighted by molar-refractivity contribution is 6.25. The second kappa shape index (κ2) is 11.2.